The van der Waals surface area contributed by atoms with Gasteiger partial charge in [-0.05, 0) is 5.57 Å². The van der Waals surface area contributed by atoms with Gasteiger partial charge in [0.1, 0.15) is 6.61 Å². The number of hydrogen-bond acceptors (Lipinski definition) is 3. The van der Waals surface area contributed by atoms with Crippen molar-refractivity contribution in [3.63, 3.8) is 0 Å². The second-order valence-electron chi connectivity index (χ2n) is 1.77. The van der Waals surface area contributed by atoms with Gasteiger partial charge in [0.05, 0.1) is 6.61 Å². The highest BCUT2D eigenvalue weighted by molar-refractivity contribution is 5.64. The molecule has 4 nitrogen and oxygen atoms in total. The van der Waals surface area contributed by atoms with Crippen LogP contribution in [0.5, 0.6) is 0 Å². The average molecular weight is 157 g/mol. The molecule has 11 heavy (non-hydrogen) atoms. The number of ether oxygens (including phenoxy) is 1. The molecule has 0 saturated carbocycles. The molecule has 4 heteroatoms. The van der Waals surface area contributed by atoms with Crippen LogP contribution in [-0.2, 0) is 4.74 Å². The zero-order valence-corrected chi connectivity index (χ0v) is 6.12. The molecule has 0 fully saturated rings. The number of nitrogens with two attached hydrogens (primary N) is 1. The van der Waals surface area contributed by atoms with E-state index in [1.807, 2.05) is 0 Å². The van der Waals surface area contributed by atoms with Crippen molar-refractivity contribution in [2.24, 2.45) is 5.73 Å². The van der Waals surface area contributed by atoms with Gasteiger partial charge in [-0.2, -0.15) is 0 Å². The molecular weight excluding hydrogens is 146 g/mol. The van der Waals surface area contributed by atoms with E-state index in [1.54, 1.807) is 0 Å². The van der Waals surface area contributed by atoms with Crippen LogP contribution in [0.1, 0.15) is 0 Å². The largest absolute Gasteiger partial charge is 0.445 e. The summed E-state index contributed by atoms with van der Waals surface area (Å²) < 4.78 is 4.44. The Morgan fingerprint density at radius 1 is 1.73 bits per heavy atom. The quantitative estimate of drug-likeness (QED) is 0.572. The maximum atomic E-state index is 10.1. The number of aliphatic hydroxyl groups is 1. The number of primary amides is 1. The highest BCUT2D eigenvalue weighted by Gasteiger charge is 1.94. The molecule has 0 spiro atoms. The van der Waals surface area contributed by atoms with E-state index in [0.717, 1.165) is 0 Å². The highest BCUT2D eigenvalue weighted by atomic mass is 16.5. The number of aliphatic hydroxyl groups excluding tert-OH is 1. The fourth-order valence-corrected chi connectivity index (χ4v) is 0.473. The molecule has 0 atom stereocenters. The Kier molecular flexibility index (Phi) is 4.85. The van der Waals surface area contributed by atoms with Gasteiger partial charge in [-0.25, -0.2) is 4.79 Å². The summed E-state index contributed by atoms with van der Waals surface area (Å²) in [5, 5.41) is 8.44. The summed E-state index contributed by atoms with van der Waals surface area (Å²) in [5.41, 5.74) is 5.34. The van der Waals surface area contributed by atoms with Crippen molar-refractivity contribution in [1.82, 2.24) is 0 Å². The van der Waals surface area contributed by atoms with Crippen molar-refractivity contribution in [1.29, 1.82) is 0 Å². The molecule has 1 amide bonds. The van der Waals surface area contributed by atoms with Crippen LogP contribution >= 0.6 is 0 Å². The molecule has 0 aliphatic carbocycles. The lowest BCUT2D eigenvalue weighted by Crippen LogP contribution is -2.14. The zero-order chi connectivity index (χ0) is 8.69. The van der Waals surface area contributed by atoms with Crippen LogP contribution < -0.4 is 5.73 Å². The molecule has 0 radical (unpaired) electrons. The van der Waals surface area contributed by atoms with Crippen molar-refractivity contribution in [3.8, 4) is 0 Å². The maximum absolute atomic E-state index is 10.1. The Hall–Kier alpha value is -1.29. The van der Waals surface area contributed by atoms with Crippen molar-refractivity contribution < 1.29 is 14.6 Å². The van der Waals surface area contributed by atoms with E-state index in [1.165, 1.54) is 12.2 Å². The monoisotopic (exact) mass is 157 g/mol. The average Bonchev–Trinajstić information content (AvgIpc) is 1.97. The Morgan fingerprint density at radius 2 is 2.36 bits per heavy atom. The van der Waals surface area contributed by atoms with Gasteiger partial charge >= 0.3 is 6.09 Å². The van der Waals surface area contributed by atoms with E-state index in [-0.39, 0.29) is 13.2 Å². The molecule has 0 rings (SSSR count). The lowest BCUT2D eigenvalue weighted by Gasteiger charge is -2.00. The Morgan fingerprint density at radius 3 is 2.73 bits per heavy atom. The van der Waals surface area contributed by atoms with E-state index < -0.39 is 6.09 Å². The summed E-state index contributed by atoms with van der Waals surface area (Å²) in [6.45, 7) is 3.39. The third kappa shape index (κ3) is 5.17. The second-order valence-corrected chi connectivity index (χ2v) is 1.77. The first-order chi connectivity index (χ1) is 5.20. The molecule has 0 aromatic carbocycles. The van der Waals surface area contributed by atoms with E-state index in [0.29, 0.717) is 5.57 Å². The summed E-state index contributed by atoms with van der Waals surface area (Å²) in [6, 6.07) is 0. The third-order valence-electron chi connectivity index (χ3n) is 0.997. The van der Waals surface area contributed by atoms with Gasteiger partial charge in [0.2, 0.25) is 0 Å². The van der Waals surface area contributed by atoms with Crippen molar-refractivity contribution >= 4 is 6.09 Å². The number of carbonyl (C=O) groups excluding carboxylic acids is 1. The molecular formula is C7H11NO3. The van der Waals surface area contributed by atoms with Crippen LogP contribution in [0.15, 0.2) is 24.3 Å². The topological polar surface area (TPSA) is 72.6 Å². The number of carbonyl (C=O) groups is 1. The summed E-state index contributed by atoms with van der Waals surface area (Å²) in [7, 11) is 0. The predicted octanol–water partition coefficient (Wildman–Crippen LogP) is 0.186. The summed E-state index contributed by atoms with van der Waals surface area (Å²) in [5.74, 6) is 0. The Balaban J connectivity index is 3.79. The molecule has 0 aliphatic rings. The van der Waals surface area contributed by atoms with E-state index in [4.69, 9.17) is 10.8 Å². The van der Waals surface area contributed by atoms with Crippen LogP contribution in [0.25, 0.3) is 0 Å². The molecule has 0 aromatic rings. The lowest BCUT2D eigenvalue weighted by atomic mass is 10.3. The van der Waals surface area contributed by atoms with Gasteiger partial charge in [-0.1, -0.05) is 18.7 Å². The molecule has 0 unspecified atom stereocenters. The van der Waals surface area contributed by atoms with Crippen LogP contribution in [0, 0.1) is 0 Å². The van der Waals surface area contributed by atoms with Gasteiger partial charge in [0, 0.05) is 0 Å². The number of rotatable bonds is 4. The maximum Gasteiger partial charge on any atom is 0.404 e. The third-order valence-corrected chi connectivity index (χ3v) is 0.997. The van der Waals surface area contributed by atoms with Gasteiger partial charge < -0.3 is 15.6 Å². The molecule has 62 valence electrons. The Bertz CT molecular complexity index is 175. The van der Waals surface area contributed by atoms with Gasteiger partial charge in [-0.15, -0.1) is 0 Å². The van der Waals surface area contributed by atoms with Crippen molar-refractivity contribution in [3.05, 3.63) is 24.3 Å². The molecule has 0 bridgehead atoms. The lowest BCUT2D eigenvalue weighted by molar-refractivity contribution is 0.167. The summed E-state index contributed by atoms with van der Waals surface area (Å²) in [6.07, 6.45) is 2.13. The molecule has 0 aliphatic heterocycles. The van der Waals surface area contributed by atoms with Gasteiger partial charge in [0.25, 0.3) is 0 Å². The van der Waals surface area contributed by atoms with Crippen LogP contribution in [0.4, 0.5) is 4.79 Å². The number of amides is 1. The van der Waals surface area contributed by atoms with Gasteiger partial charge in [-0.3, -0.25) is 0 Å². The summed E-state index contributed by atoms with van der Waals surface area (Å²) in [4.78, 5) is 10.1. The SMILES string of the molecule is C=C/C(=C/CO)COC(N)=O. The standard InChI is InChI=1S/C7H11NO3/c1-2-6(3-4-9)5-11-7(8)10/h2-3,9H,1,4-5H2,(H2,8,10)/b6-3-. The molecule has 3 N–H and O–H groups in total. The van der Waals surface area contributed by atoms with Crippen LogP contribution in [-0.4, -0.2) is 24.4 Å². The number of hydrogen-bond donors (Lipinski definition) is 2. The first-order valence-corrected chi connectivity index (χ1v) is 3.05. The van der Waals surface area contributed by atoms with E-state index in [2.05, 4.69) is 11.3 Å². The van der Waals surface area contributed by atoms with Crippen molar-refractivity contribution in [2.75, 3.05) is 13.2 Å². The zero-order valence-electron chi connectivity index (χ0n) is 6.12. The fraction of sp³-hybridized carbons (Fsp3) is 0.286. The minimum absolute atomic E-state index is 0.0550. The van der Waals surface area contributed by atoms with Gasteiger partial charge in [0.15, 0.2) is 0 Å². The molecule has 0 saturated heterocycles. The summed E-state index contributed by atoms with van der Waals surface area (Å²) >= 11 is 0. The minimum Gasteiger partial charge on any atom is -0.445 e. The predicted molar refractivity (Wildman–Crippen MR) is 40.9 cm³/mol. The highest BCUT2D eigenvalue weighted by Crippen LogP contribution is 1.95. The normalized spacial score (nSPS) is 10.8. The first kappa shape index (κ1) is 9.71. The minimum atomic E-state index is -0.837. The van der Waals surface area contributed by atoms with E-state index >= 15 is 0 Å². The van der Waals surface area contributed by atoms with Crippen LogP contribution in [0.3, 0.4) is 0 Å². The molecule has 0 heterocycles. The smallest absolute Gasteiger partial charge is 0.404 e. The Labute approximate surface area is 65.0 Å². The van der Waals surface area contributed by atoms with Crippen LogP contribution in [0.2, 0.25) is 0 Å². The fourth-order valence-electron chi connectivity index (χ4n) is 0.473. The molecule has 0 aromatic heterocycles. The first-order valence-electron chi connectivity index (χ1n) is 3.05. The second kappa shape index (κ2) is 5.49. The van der Waals surface area contributed by atoms with E-state index in [9.17, 15) is 4.79 Å². The van der Waals surface area contributed by atoms with Crippen molar-refractivity contribution in [2.45, 2.75) is 0 Å².